The van der Waals surface area contributed by atoms with E-state index < -0.39 is 5.91 Å². The molecule has 3 aromatic carbocycles. The van der Waals surface area contributed by atoms with Crippen LogP contribution in [0.1, 0.15) is 15.9 Å². The molecule has 0 bridgehead atoms. The topological polar surface area (TPSA) is 90.7 Å². The number of aromatic amines is 1. The Morgan fingerprint density at radius 1 is 0.939 bits per heavy atom. The second-order valence-corrected chi connectivity index (χ2v) is 9.43. The maximum absolute atomic E-state index is 13.2. The first kappa shape index (κ1) is 21.5. The molecule has 0 aliphatic rings. The molecular weight excluding hydrogens is 548 g/mol. The second-order valence-electron chi connectivity index (χ2n) is 7.60. The molecule has 6 nitrogen and oxygen atoms in total. The highest BCUT2D eigenvalue weighted by Crippen LogP contribution is 2.37. The van der Waals surface area contributed by atoms with Gasteiger partial charge in [-0.1, -0.05) is 55.6 Å². The highest BCUT2D eigenvalue weighted by molar-refractivity contribution is 9.10. The Morgan fingerprint density at radius 3 is 2.48 bits per heavy atom. The van der Waals surface area contributed by atoms with Crippen LogP contribution < -0.4 is 0 Å². The van der Waals surface area contributed by atoms with E-state index in [0.717, 1.165) is 20.1 Å². The zero-order valence-corrected chi connectivity index (χ0v) is 20.5. The number of fused-ring (bicyclic) bond motifs is 2. The predicted octanol–water partition coefficient (Wildman–Crippen LogP) is 7.85. The van der Waals surface area contributed by atoms with Crippen molar-refractivity contribution in [2.45, 2.75) is 6.92 Å². The lowest BCUT2D eigenvalue weighted by molar-refractivity contribution is 0.0996. The summed E-state index contributed by atoms with van der Waals surface area (Å²) >= 11 is 6.86. The first-order chi connectivity index (χ1) is 15.9. The molecule has 33 heavy (non-hydrogen) atoms. The second kappa shape index (κ2) is 8.53. The van der Waals surface area contributed by atoms with Crippen LogP contribution in [0.25, 0.3) is 33.1 Å². The van der Waals surface area contributed by atoms with Crippen LogP contribution >= 0.6 is 31.9 Å². The summed E-state index contributed by atoms with van der Waals surface area (Å²) in [5, 5.41) is 19.7. The van der Waals surface area contributed by atoms with Gasteiger partial charge in [0.15, 0.2) is 5.69 Å². The summed E-state index contributed by atoms with van der Waals surface area (Å²) in [6.07, 6.45) is 0. The molecule has 5 rings (SSSR count). The number of pyridine rings is 1. The number of aromatic nitrogens is 2. The Morgan fingerprint density at radius 2 is 1.70 bits per heavy atom. The smallest absolute Gasteiger partial charge is 0.296 e. The maximum Gasteiger partial charge on any atom is 0.296 e. The largest absolute Gasteiger partial charge is 0.493 e. The number of nitrogens with zero attached hydrogens (tertiary/aromatic N) is 3. The Balaban J connectivity index is 1.62. The van der Waals surface area contributed by atoms with Crippen LogP contribution in [0.4, 0.5) is 5.69 Å². The molecule has 2 heterocycles. The highest BCUT2D eigenvalue weighted by atomic mass is 79.9. The van der Waals surface area contributed by atoms with E-state index in [1.807, 2.05) is 61.5 Å². The minimum absolute atomic E-state index is 0.148. The molecule has 0 aliphatic heterocycles. The molecule has 2 N–H and O–H groups in total. The maximum atomic E-state index is 13.2. The molecule has 0 radical (unpaired) electrons. The van der Waals surface area contributed by atoms with Gasteiger partial charge in [0.2, 0.25) is 5.88 Å². The van der Waals surface area contributed by atoms with Crippen LogP contribution in [-0.4, -0.2) is 21.0 Å². The fourth-order valence-corrected chi connectivity index (χ4v) is 4.30. The number of aryl methyl sites for hydroxylation is 1. The molecule has 5 aromatic rings. The van der Waals surface area contributed by atoms with Crippen molar-refractivity contribution in [2.75, 3.05) is 0 Å². The number of amides is 1. The van der Waals surface area contributed by atoms with Crippen molar-refractivity contribution in [3.63, 3.8) is 0 Å². The number of rotatable bonds is 3. The zero-order chi connectivity index (χ0) is 23.1. The standard InChI is InChI=1S/C25H16Br2N4O2/c1-13-2-8-20-17(10-13)18(12-22(28-20)14-3-5-15(26)6-4-14)24(32)31-30-23-19-11-16(27)7-9-21(19)29-25(23)33/h2-12,29,33H,1H3. The lowest BCUT2D eigenvalue weighted by Crippen LogP contribution is -1.99. The number of nitrogens with one attached hydrogen (secondary N) is 1. The van der Waals surface area contributed by atoms with Crippen LogP contribution in [-0.2, 0) is 0 Å². The molecule has 162 valence electrons. The number of carbonyl (C=O) groups excluding carboxylic acids is 1. The predicted molar refractivity (Wildman–Crippen MR) is 136 cm³/mol. The van der Waals surface area contributed by atoms with Gasteiger partial charge in [0, 0.05) is 25.3 Å². The van der Waals surface area contributed by atoms with Crippen LogP contribution in [0.15, 0.2) is 85.9 Å². The van der Waals surface area contributed by atoms with Gasteiger partial charge >= 0.3 is 0 Å². The molecule has 0 saturated heterocycles. The minimum Gasteiger partial charge on any atom is -0.493 e. The van der Waals surface area contributed by atoms with Crippen molar-refractivity contribution >= 4 is 65.3 Å². The molecule has 0 spiro atoms. The Kier molecular flexibility index (Phi) is 5.55. The van der Waals surface area contributed by atoms with E-state index in [-0.39, 0.29) is 11.6 Å². The number of azo groups is 1. The summed E-state index contributed by atoms with van der Waals surface area (Å²) in [4.78, 5) is 20.8. The number of benzene rings is 3. The summed E-state index contributed by atoms with van der Waals surface area (Å²) in [6, 6.07) is 20.7. The third-order valence-electron chi connectivity index (χ3n) is 5.29. The fourth-order valence-electron chi connectivity index (χ4n) is 3.67. The SMILES string of the molecule is Cc1ccc2nc(-c3ccc(Br)cc3)cc(C(=O)N=Nc3c(O)[nH]c4ccc(Br)cc34)c2c1. The van der Waals surface area contributed by atoms with Gasteiger partial charge in [0.25, 0.3) is 5.91 Å². The van der Waals surface area contributed by atoms with E-state index >= 15 is 0 Å². The van der Waals surface area contributed by atoms with Gasteiger partial charge in [0.1, 0.15) is 0 Å². The first-order valence-corrected chi connectivity index (χ1v) is 11.6. The summed E-state index contributed by atoms with van der Waals surface area (Å²) in [5.41, 5.74) is 4.54. The van der Waals surface area contributed by atoms with E-state index in [4.69, 9.17) is 4.98 Å². The van der Waals surface area contributed by atoms with Crippen LogP contribution in [0, 0.1) is 6.92 Å². The van der Waals surface area contributed by atoms with Gasteiger partial charge in [-0.05, 0) is 55.5 Å². The molecule has 2 aromatic heterocycles. The van der Waals surface area contributed by atoms with Crippen LogP contribution in [0.2, 0.25) is 0 Å². The molecule has 0 saturated carbocycles. The van der Waals surface area contributed by atoms with Gasteiger partial charge < -0.3 is 10.1 Å². The summed E-state index contributed by atoms with van der Waals surface area (Å²) in [6.45, 7) is 1.96. The molecule has 1 amide bonds. The summed E-state index contributed by atoms with van der Waals surface area (Å²) < 4.78 is 1.78. The number of carbonyl (C=O) groups is 1. The lowest BCUT2D eigenvalue weighted by Gasteiger charge is -2.08. The first-order valence-electron chi connectivity index (χ1n) is 10.0. The highest BCUT2D eigenvalue weighted by Gasteiger charge is 2.16. The number of hydrogen-bond acceptors (Lipinski definition) is 4. The summed E-state index contributed by atoms with van der Waals surface area (Å²) in [7, 11) is 0. The number of halogens is 2. The fraction of sp³-hybridized carbons (Fsp3) is 0.0400. The minimum atomic E-state index is -0.518. The monoisotopic (exact) mass is 562 g/mol. The molecule has 8 heteroatoms. The molecular formula is C25H16Br2N4O2. The van der Waals surface area contributed by atoms with E-state index in [1.54, 1.807) is 12.1 Å². The Labute approximate surface area is 205 Å². The van der Waals surface area contributed by atoms with Gasteiger partial charge in [-0.25, -0.2) is 4.98 Å². The average molecular weight is 564 g/mol. The Hall–Kier alpha value is -3.36. The van der Waals surface area contributed by atoms with Gasteiger partial charge in [0.05, 0.1) is 22.3 Å². The molecule has 0 fully saturated rings. The van der Waals surface area contributed by atoms with Crippen LogP contribution in [0.5, 0.6) is 5.88 Å². The quantitative estimate of drug-likeness (QED) is 0.219. The van der Waals surface area contributed by atoms with E-state index in [1.165, 1.54) is 0 Å². The van der Waals surface area contributed by atoms with E-state index in [0.29, 0.717) is 33.1 Å². The van der Waals surface area contributed by atoms with Crippen LogP contribution in [0.3, 0.4) is 0 Å². The number of H-pyrrole nitrogens is 1. The number of hydrogen-bond donors (Lipinski definition) is 2. The van der Waals surface area contributed by atoms with Crippen molar-refractivity contribution in [1.29, 1.82) is 0 Å². The van der Waals surface area contributed by atoms with Gasteiger partial charge in [-0.15, -0.1) is 10.2 Å². The van der Waals surface area contributed by atoms with Gasteiger partial charge in [-0.2, -0.15) is 0 Å². The Bertz CT molecular complexity index is 1570. The average Bonchev–Trinajstić information content (AvgIpc) is 3.11. The van der Waals surface area contributed by atoms with Crippen molar-refractivity contribution in [3.05, 3.63) is 86.8 Å². The third-order valence-corrected chi connectivity index (χ3v) is 6.31. The summed E-state index contributed by atoms with van der Waals surface area (Å²) in [5.74, 6) is -0.666. The normalized spacial score (nSPS) is 11.6. The van der Waals surface area contributed by atoms with E-state index in [9.17, 15) is 9.90 Å². The van der Waals surface area contributed by atoms with Gasteiger partial charge in [-0.3, -0.25) is 4.79 Å². The third kappa shape index (κ3) is 4.19. The number of aromatic hydroxyl groups is 1. The molecule has 0 unspecified atom stereocenters. The van der Waals surface area contributed by atoms with Crippen molar-refractivity contribution in [3.8, 4) is 17.1 Å². The molecule has 0 aliphatic carbocycles. The van der Waals surface area contributed by atoms with Crippen molar-refractivity contribution < 1.29 is 9.90 Å². The lowest BCUT2D eigenvalue weighted by atomic mass is 10.0. The molecule has 0 atom stereocenters. The van der Waals surface area contributed by atoms with Crippen molar-refractivity contribution in [1.82, 2.24) is 9.97 Å². The van der Waals surface area contributed by atoms with Crippen molar-refractivity contribution in [2.24, 2.45) is 10.2 Å². The zero-order valence-electron chi connectivity index (χ0n) is 17.3. The van der Waals surface area contributed by atoms with E-state index in [2.05, 4.69) is 47.1 Å².